The second kappa shape index (κ2) is 7.46. The third kappa shape index (κ3) is 4.86. The quantitative estimate of drug-likeness (QED) is 0.445. The van der Waals surface area contributed by atoms with Crippen LogP contribution in [0.3, 0.4) is 0 Å². The van der Waals surface area contributed by atoms with Crippen molar-refractivity contribution >= 4 is 46.4 Å². The molecule has 0 heterocycles. The fourth-order valence-corrected chi connectivity index (χ4v) is 1.48. The van der Waals surface area contributed by atoms with Gasteiger partial charge >= 0.3 is 6.09 Å². The summed E-state index contributed by atoms with van der Waals surface area (Å²) in [7, 11) is 0. The predicted octanol–water partition coefficient (Wildman–Crippen LogP) is 2.20. The number of halogens is 1. The Balaban J connectivity index is 2.63. The number of hydrogen-bond acceptors (Lipinski definition) is 5. The Hall–Kier alpha value is -2.13. The molecule has 1 amide bonds. The molecule has 0 bridgehead atoms. The standard InChI is InChI=1S/C10H11ClN4O4S/c1-2-19-10(16)14-13-9(20)12-8-5-6(15(17)18)3-4-7(8)11/h3-5H,2H2,1H3,(H,14,16)(H2,12,13,20). The Morgan fingerprint density at radius 2 is 2.20 bits per heavy atom. The number of rotatable bonds is 3. The third-order valence-electron chi connectivity index (χ3n) is 1.96. The van der Waals surface area contributed by atoms with E-state index >= 15 is 0 Å². The van der Waals surface area contributed by atoms with Crippen molar-refractivity contribution in [3.63, 3.8) is 0 Å². The molecule has 0 aliphatic heterocycles. The van der Waals surface area contributed by atoms with Crippen LogP contribution in [-0.2, 0) is 4.74 Å². The molecule has 0 aromatic heterocycles. The molecule has 0 saturated heterocycles. The van der Waals surface area contributed by atoms with Gasteiger partial charge in [-0.2, -0.15) is 0 Å². The molecule has 1 aromatic rings. The lowest BCUT2D eigenvalue weighted by Gasteiger charge is -2.12. The molecule has 20 heavy (non-hydrogen) atoms. The molecule has 0 saturated carbocycles. The van der Waals surface area contributed by atoms with Gasteiger partial charge in [0.15, 0.2) is 5.11 Å². The zero-order chi connectivity index (χ0) is 15.1. The molecular formula is C10H11ClN4O4S. The highest BCUT2D eigenvalue weighted by molar-refractivity contribution is 7.80. The fraction of sp³-hybridized carbons (Fsp3) is 0.200. The topological polar surface area (TPSA) is 106 Å². The van der Waals surface area contributed by atoms with E-state index in [2.05, 4.69) is 20.9 Å². The lowest BCUT2D eigenvalue weighted by atomic mass is 10.3. The molecule has 0 unspecified atom stereocenters. The molecule has 108 valence electrons. The Kier molecular flexibility index (Phi) is 5.94. The number of non-ortho nitro benzene ring substituents is 1. The highest BCUT2D eigenvalue weighted by Gasteiger charge is 2.11. The highest BCUT2D eigenvalue weighted by Crippen LogP contribution is 2.26. The number of hydrogen-bond donors (Lipinski definition) is 3. The van der Waals surface area contributed by atoms with E-state index in [-0.39, 0.29) is 28.1 Å². The molecule has 0 spiro atoms. The Labute approximate surface area is 124 Å². The third-order valence-corrected chi connectivity index (χ3v) is 2.50. The molecular weight excluding hydrogens is 308 g/mol. The normalized spacial score (nSPS) is 9.50. The van der Waals surface area contributed by atoms with Gasteiger partial charge in [0.05, 0.1) is 22.2 Å². The molecule has 0 radical (unpaired) electrons. The number of carbonyl (C=O) groups is 1. The monoisotopic (exact) mass is 318 g/mol. The summed E-state index contributed by atoms with van der Waals surface area (Å²) >= 11 is 10.8. The van der Waals surface area contributed by atoms with Gasteiger partial charge in [-0.15, -0.1) is 0 Å². The minimum absolute atomic E-state index is 0.000418. The van der Waals surface area contributed by atoms with Crippen molar-refractivity contribution in [2.24, 2.45) is 0 Å². The van der Waals surface area contributed by atoms with Gasteiger partial charge < -0.3 is 10.1 Å². The van der Waals surface area contributed by atoms with Gasteiger partial charge in [-0.05, 0) is 25.2 Å². The Morgan fingerprint density at radius 3 is 2.80 bits per heavy atom. The zero-order valence-electron chi connectivity index (χ0n) is 10.3. The molecule has 8 nitrogen and oxygen atoms in total. The van der Waals surface area contributed by atoms with E-state index in [0.29, 0.717) is 0 Å². The van der Waals surface area contributed by atoms with Crippen molar-refractivity contribution in [2.45, 2.75) is 6.92 Å². The van der Waals surface area contributed by atoms with Crippen molar-refractivity contribution in [1.82, 2.24) is 10.9 Å². The summed E-state index contributed by atoms with van der Waals surface area (Å²) in [6, 6.07) is 3.85. The van der Waals surface area contributed by atoms with Crippen LogP contribution in [-0.4, -0.2) is 22.7 Å². The summed E-state index contributed by atoms with van der Waals surface area (Å²) in [6.45, 7) is 1.86. The second-order valence-corrected chi connectivity index (χ2v) is 4.16. The molecule has 0 aliphatic carbocycles. The molecule has 0 atom stereocenters. The number of carbonyl (C=O) groups excluding carboxylic acids is 1. The number of nitrogens with zero attached hydrogens (tertiary/aromatic N) is 1. The van der Waals surface area contributed by atoms with Crippen LogP contribution in [0.2, 0.25) is 5.02 Å². The van der Waals surface area contributed by atoms with Crippen LogP contribution in [0.4, 0.5) is 16.2 Å². The first kappa shape index (κ1) is 15.9. The molecule has 1 rings (SSSR count). The van der Waals surface area contributed by atoms with Crippen LogP contribution >= 0.6 is 23.8 Å². The van der Waals surface area contributed by atoms with E-state index in [0.717, 1.165) is 0 Å². The van der Waals surface area contributed by atoms with Gasteiger partial charge in [-0.3, -0.25) is 15.5 Å². The van der Waals surface area contributed by atoms with Gasteiger partial charge in [0.1, 0.15) is 0 Å². The van der Waals surface area contributed by atoms with Gasteiger partial charge in [0.2, 0.25) is 0 Å². The van der Waals surface area contributed by atoms with Gasteiger partial charge in [0, 0.05) is 12.1 Å². The van der Waals surface area contributed by atoms with E-state index < -0.39 is 11.0 Å². The summed E-state index contributed by atoms with van der Waals surface area (Å²) in [5, 5.41) is 13.5. The highest BCUT2D eigenvalue weighted by atomic mass is 35.5. The average Bonchev–Trinajstić information content (AvgIpc) is 2.39. The Bertz CT molecular complexity index is 540. The number of thiocarbonyl (C=S) groups is 1. The summed E-state index contributed by atoms with van der Waals surface area (Å²) in [6.07, 6.45) is -0.707. The number of anilines is 1. The minimum Gasteiger partial charge on any atom is -0.449 e. The van der Waals surface area contributed by atoms with E-state index in [1.165, 1.54) is 18.2 Å². The van der Waals surface area contributed by atoms with E-state index in [1.807, 2.05) is 0 Å². The predicted molar refractivity (Wildman–Crippen MR) is 77.6 cm³/mol. The number of nitro groups is 1. The SMILES string of the molecule is CCOC(=O)NNC(=S)Nc1cc([N+](=O)[O-])ccc1Cl. The number of ether oxygens (including phenoxy) is 1. The van der Waals surface area contributed by atoms with Crippen LogP contribution in [0.25, 0.3) is 0 Å². The first-order valence-corrected chi connectivity index (χ1v) is 6.16. The summed E-state index contributed by atoms with van der Waals surface area (Å²) < 4.78 is 4.60. The summed E-state index contributed by atoms with van der Waals surface area (Å²) in [5.74, 6) is 0. The number of nitrogens with one attached hydrogen (secondary N) is 3. The summed E-state index contributed by atoms with van der Waals surface area (Å²) in [5.41, 5.74) is 4.63. The van der Waals surface area contributed by atoms with Crippen LogP contribution in [0.5, 0.6) is 0 Å². The molecule has 3 N–H and O–H groups in total. The van der Waals surface area contributed by atoms with Crippen molar-refractivity contribution in [1.29, 1.82) is 0 Å². The Morgan fingerprint density at radius 1 is 1.50 bits per heavy atom. The molecule has 0 aliphatic rings. The van der Waals surface area contributed by atoms with Crippen molar-refractivity contribution in [3.05, 3.63) is 33.3 Å². The van der Waals surface area contributed by atoms with Crippen LogP contribution in [0, 0.1) is 10.1 Å². The van der Waals surface area contributed by atoms with Crippen LogP contribution in [0.1, 0.15) is 6.92 Å². The molecule has 0 fully saturated rings. The van der Waals surface area contributed by atoms with Crippen LogP contribution in [0.15, 0.2) is 18.2 Å². The average molecular weight is 319 g/mol. The number of amides is 1. The maximum Gasteiger partial charge on any atom is 0.425 e. The van der Waals surface area contributed by atoms with E-state index in [4.69, 9.17) is 23.8 Å². The maximum absolute atomic E-state index is 11.0. The molecule has 1 aromatic carbocycles. The first-order chi connectivity index (χ1) is 9.43. The fourth-order valence-electron chi connectivity index (χ4n) is 1.15. The zero-order valence-corrected chi connectivity index (χ0v) is 11.9. The summed E-state index contributed by atoms with van der Waals surface area (Å²) in [4.78, 5) is 21.1. The van der Waals surface area contributed by atoms with Gasteiger partial charge in [-0.25, -0.2) is 10.2 Å². The maximum atomic E-state index is 11.0. The largest absolute Gasteiger partial charge is 0.449 e. The van der Waals surface area contributed by atoms with Gasteiger partial charge in [-0.1, -0.05) is 11.6 Å². The van der Waals surface area contributed by atoms with Gasteiger partial charge in [0.25, 0.3) is 5.69 Å². The lowest BCUT2D eigenvalue weighted by molar-refractivity contribution is -0.384. The lowest BCUT2D eigenvalue weighted by Crippen LogP contribution is -2.44. The first-order valence-electron chi connectivity index (χ1n) is 5.37. The van der Waals surface area contributed by atoms with Crippen molar-refractivity contribution in [2.75, 3.05) is 11.9 Å². The number of hydrazine groups is 1. The van der Waals surface area contributed by atoms with Crippen molar-refractivity contribution in [3.8, 4) is 0 Å². The van der Waals surface area contributed by atoms with Crippen molar-refractivity contribution < 1.29 is 14.5 Å². The van der Waals surface area contributed by atoms with E-state index in [9.17, 15) is 14.9 Å². The molecule has 10 heteroatoms. The van der Waals surface area contributed by atoms with Crippen LogP contribution < -0.4 is 16.2 Å². The minimum atomic E-state index is -0.707. The smallest absolute Gasteiger partial charge is 0.425 e. The number of benzene rings is 1. The second-order valence-electron chi connectivity index (χ2n) is 3.35. The van der Waals surface area contributed by atoms with E-state index in [1.54, 1.807) is 6.92 Å². The number of nitro benzene ring substituents is 1.